The van der Waals surface area contributed by atoms with E-state index in [2.05, 4.69) is 4.98 Å². The van der Waals surface area contributed by atoms with Crippen molar-refractivity contribution in [3.05, 3.63) is 28.8 Å². The van der Waals surface area contributed by atoms with Crippen molar-refractivity contribution >= 4 is 17.5 Å². The number of hydrogen-bond donors (Lipinski definition) is 0. The molecule has 4 nitrogen and oxygen atoms in total. The maximum absolute atomic E-state index is 13.3. The Bertz CT molecular complexity index is 494. The molecule has 0 bridgehead atoms. The topological polar surface area (TPSA) is 42.4 Å². The molecule has 1 amide bonds. The van der Waals surface area contributed by atoms with Gasteiger partial charge in [-0.25, -0.2) is 9.37 Å². The zero-order chi connectivity index (χ0) is 14.7. The van der Waals surface area contributed by atoms with Crippen LogP contribution in [-0.2, 0) is 4.74 Å². The van der Waals surface area contributed by atoms with Crippen LogP contribution in [0.4, 0.5) is 4.39 Å². The number of aromatic nitrogens is 1. The van der Waals surface area contributed by atoms with E-state index >= 15 is 0 Å². The van der Waals surface area contributed by atoms with E-state index in [1.807, 2.05) is 6.92 Å². The van der Waals surface area contributed by atoms with Gasteiger partial charge in [-0.1, -0.05) is 11.6 Å². The van der Waals surface area contributed by atoms with Crippen molar-refractivity contribution in [2.75, 3.05) is 20.3 Å². The third-order valence-corrected chi connectivity index (χ3v) is 3.93. The molecule has 6 heteroatoms. The molecule has 0 aliphatic heterocycles. The third-order valence-electron chi connectivity index (χ3n) is 3.63. The highest BCUT2D eigenvalue weighted by molar-refractivity contribution is 6.32. The summed E-state index contributed by atoms with van der Waals surface area (Å²) in [6, 6.07) is 1.23. The molecule has 0 spiro atoms. The van der Waals surface area contributed by atoms with E-state index in [4.69, 9.17) is 16.3 Å². The van der Waals surface area contributed by atoms with Crippen molar-refractivity contribution < 1.29 is 13.9 Å². The van der Waals surface area contributed by atoms with Crippen molar-refractivity contribution in [1.29, 1.82) is 0 Å². The maximum atomic E-state index is 13.3. The Morgan fingerprint density at radius 3 is 2.95 bits per heavy atom. The molecule has 1 aromatic heterocycles. The van der Waals surface area contributed by atoms with Crippen molar-refractivity contribution in [1.82, 2.24) is 9.88 Å². The minimum Gasteiger partial charge on any atom is -0.383 e. The Hall–Kier alpha value is -1.20. The predicted octanol–water partition coefficient (Wildman–Crippen LogP) is 2.76. The van der Waals surface area contributed by atoms with Gasteiger partial charge in [-0.3, -0.25) is 4.79 Å². The number of nitrogens with zero attached hydrogens (tertiary/aromatic N) is 2. The van der Waals surface area contributed by atoms with Gasteiger partial charge in [0, 0.05) is 19.7 Å². The van der Waals surface area contributed by atoms with E-state index in [0.717, 1.165) is 25.1 Å². The first-order chi connectivity index (χ1) is 9.54. The zero-order valence-corrected chi connectivity index (χ0v) is 12.4. The fraction of sp³-hybridized carbons (Fsp3) is 0.571. The van der Waals surface area contributed by atoms with Gasteiger partial charge < -0.3 is 9.64 Å². The molecule has 1 aliphatic rings. The molecular formula is C14H18ClFN2O2. The van der Waals surface area contributed by atoms with Crippen molar-refractivity contribution in [2.45, 2.75) is 25.8 Å². The Balaban J connectivity index is 2.22. The molecule has 0 N–H and O–H groups in total. The van der Waals surface area contributed by atoms with Crippen LogP contribution in [0.2, 0.25) is 5.15 Å². The van der Waals surface area contributed by atoms with E-state index in [-0.39, 0.29) is 22.7 Å². The highest BCUT2D eigenvalue weighted by Crippen LogP contribution is 2.35. The largest absolute Gasteiger partial charge is 0.383 e. The minimum absolute atomic E-state index is 0.0295. The van der Waals surface area contributed by atoms with Crippen LogP contribution in [0.5, 0.6) is 0 Å². The van der Waals surface area contributed by atoms with Gasteiger partial charge in [0.25, 0.3) is 5.91 Å². The van der Waals surface area contributed by atoms with Crippen molar-refractivity contribution in [2.24, 2.45) is 5.92 Å². The number of carbonyl (C=O) groups excluding carboxylic acids is 1. The average molecular weight is 301 g/mol. The minimum atomic E-state index is -0.566. The smallest absolute Gasteiger partial charge is 0.257 e. The lowest BCUT2D eigenvalue weighted by atomic mass is 10.1. The van der Waals surface area contributed by atoms with Crippen LogP contribution in [0.1, 0.15) is 30.1 Å². The summed E-state index contributed by atoms with van der Waals surface area (Å²) in [5, 5.41) is 0.0295. The molecule has 0 aromatic carbocycles. The summed E-state index contributed by atoms with van der Waals surface area (Å²) < 4.78 is 18.3. The number of amides is 1. The maximum Gasteiger partial charge on any atom is 0.257 e. The SMILES string of the molecule is COCCN(C(=O)c1cc(F)cnc1Cl)C(C)C1CC1. The molecule has 1 aliphatic carbocycles. The zero-order valence-electron chi connectivity index (χ0n) is 11.6. The van der Waals surface area contributed by atoms with Crippen molar-refractivity contribution in [3.63, 3.8) is 0 Å². The van der Waals surface area contributed by atoms with E-state index in [1.165, 1.54) is 0 Å². The van der Waals surface area contributed by atoms with Crippen LogP contribution in [0.3, 0.4) is 0 Å². The molecule has 1 atom stereocenters. The normalized spacial score (nSPS) is 16.0. The number of rotatable bonds is 6. The number of methoxy groups -OCH3 is 1. The van der Waals surface area contributed by atoms with Gasteiger partial charge in [-0.2, -0.15) is 0 Å². The molecule has 110 valence electrons. The van der Waals surface area contributed by atoms with Crippen LogP contribution < -0.4 is 0 Å². The number of pyridine rings is 1. The first-order valence-electron chi connectivity index (χ1n) is 6.65. The van der Waals surface area contributed by atoms with E-state index < -0.39 is 5.82 Å². The summed E-state index contributed by atoms with van der Waals surface area (Å²) in [7, 11) is 1.58. The number of halogens is 2. The standard InChI is InChI=1S/C14H18ClFN2O2/c1-9(10-3-4-10)18(5-6-20-2)14(19)12-7-11(16)8-17-13(12)15/h7-10H,3-6H2,1-2H3. The summed E-state index contributed by atoms with van der Waals surface area (Å²) in [5.74, 6) is -0.349. The van der Waals surface area contributed by atoms with Crippen LogP contribution in [0.25, 0.3) is 0 Å². The third kappa shape index (κ3) is 3.46. The van der Waals surface area contributed by atoms with Gasteiger partial charge in [-0.05, 0) is 31.7 Å². The molecule has 0 radical (unpaired) electrons. The molecule has 1 unspecified atom stereocenters. The van der Waals surface area contributed by atoms with Crippen molar-refractivity contribution in [3.8, 4) is 0 Å². The molecule has 1 saturated carbocycles. The van der Waals surface area contributed by atoms with Crippen LogP contribution >= 0.6 is 11.6 Å². The highest BCUT2D eigenvalue weighted by atomic mass is 35.5. The first-order valence-corrected chi connectivity index (χ1v) is 7.03. The summed E-state index contributed by atoms with van der Waals surface area (Å²) >= 11 is 5.91. The Labute approximate surface area is 122 Å². The molecular weight excluding hydrogens is 283 g/mol. The van der Waals surface area contributed by atoms with E-state index in [9.17, 15) is 9.18 Å². The molecule has 1 fully saturated rings. The van der Waals surface area contributed by atoms with E-state index in [0.29, 0.717) is 19.1 Å². The summed E-state index contributed by atoms with van der Waals surface area (Å²) in [6.45, 7) is 2.90. The Morgan fingerprint density at radius 2 is 2.35 bits per heavy atom. The summed E-state index contributed by atoms with van der Waals surface area (Å²) in [4.78, 5) is 18.0. The van der Waals surface area contributed by atoms with Gasteiger partial charge >= 0.3 is 0 Å². The quantitative estimate of drug-likeness (QED) is 0.759. The van der Waals surface area contributed by atoms with Gasteiger partial charge in [0.05, 0.1) is 18.4 Å². The molecule has 0 saturated heterocycles. The lowest BCUT2D eigenvalue weighted by molar-refractivity contribution is 0.0594. The van der Waals surface area contributed by atoms with Gasteiger partial charge in [0.15, 0.2) is 0 Å². The highest BCUT2D eigenvalue weighted by Gasteiger charge is 2.35. The second-order valence-electron chi connectivity index (χ2n) is 5.06. The first kappa shape index (κ1) is 15.2. The van der Waals surface area contributed by atoms with Gasteiger partial charge in [0.2, 0.25) is 0 Å². The van der Waals surface area contributed by atoms with E-state index in [1.54, 1.807) is 12.0 Å². The van der Waals surface area contributed by atoms with Crippen LogP contribution in [0, 0.1) is 11.7 Å². The monoisotopic (exact) mass is 300 g/mol. The van der Waals surface area contributed by atoms with Gasteiger partial charge in [0.1, 0.15) is 11.0 Å². The summed E-state index contributed by atoms with van der Waals surface area (Å²) in [5.41, 5.74) is 0.107. The average Bonchev–Trinajstić information content (AvgIpc) is 3.26. The fourth-order valence-corrected chi connectivity index (χ4v) is 2.42. The number of ether oxygens (including phenoxy) is 1. The predicted molar refractivity (Wildman–Crippen MR) is 74.3 cm³/mol. The number of carbonyl (C=O) groups is 1. The second-order valence-corrected chi connectivity index (χ2v) is 5.42. The lowest BCUT2D eigenvalue weighted by Gasteiger charge is -2.29. The molecule has 2 rings (SSSR count). The Morgan fingerprint density at radius 1 is 1.65 bits per heavy atom. The second kappa shape index (κ2) is 6.50. The molecule has 1 heterocycles. The van der Waals surface area contributed by atoms with Gasteiger partial charge in [-0.15, -0.1) is 0 Å². The van der Waals surface area contributed by atoms with Crippen LogP contribution in [0.15, 0.2) is 12.3 Å². The Kier molecular flexibility index (Phi) is 4.94. The fourth-order valence-electron chi connectivity index (χ4n) is 2.24. The lowest BCUT2D eigenvalue weighted by Crippen LogP contribution is -2.42. The number of hydrogen-bond acceptors (Lipinski definition) is 3. The van der Waals surface area contributed by atoms with Crippen LogP contribution in [-0.4, -0.2) is 42.1 Å². The molecule has 20 heavy (non-hydrogen) atoms. The molecule has 1 aromatic rings. The summed E-state index contributed by atoms with van der Waals surface area (Å²) in [6.07, 6.45) is 3.24.